The van der Waals surface area contributed by atoms with Crippen LogP contribution in [0.25, 0.3) is 10.8 Å². The third-order valence-electron chi connectivity index (χ3n) is 3.27. The van der Waals surface area contributed by atoms with E-state index in [2.05, 4.69) is 4.98 Å². The van der Waals surface area contributed by atoms with E-state index in [9.17, 15) is 9.90 Å². The molecule has 0 unspecified atom stereocenters. The smallest absolute Gasteiger partial charge is 0.358 e. The fourth-order valence-corrected chi connectivity index (χ4v) is 2.28. The van der Waals surface area contributed by atoms with E-state index in [0.717, 1.165) is 29.3 Å². The molecule has 92 valence electrons. The number of hydrogen-bond acceptors (Lipinski definition) is 3. The number of pyridine rings is 1. The Morgan fingerprint density at radius 2 is 2.00 bits per heavy atom. The lowest BCUT2D eigenvalue weighted by Gasteiger charge is -2.12. The van der Waals surface area contributed by atoms with Crippen LogP contribution in [0, 0.1) is 0 Å². The van der Waals surface area contributed by atoms with Crippen molar-refractivity contribution in [3.05, 3.63) is 35.7 Å². The summed E-state index contributed by atoms with van der Waals surface area (Å²) in [4.78, 5) is 15.6. The largest absolute Gasteiger partial charge is 0.494 e. The molecule has 1 aliphatic rings. The quantitative estimate of drug-likeness (QED) is 0.900. The summed E-state index contributed by atoms with van der Waals surface area (Å²) < 4.78 is 5.23. The summed E-state index contributed by atoms with van der Waals surface area (Å²) in [6.45, 7) is 0. The molecule has 1 aromatic carbocycles. The average Bonchev–Trinajstić information content (AvgIpc) is 3.20. The lowest BCUT2D eigenvalue weighted by molar-refractivity contribution is 0.0686. The van der Waals surface area contributed by atoms with Gasteiger partial charge in [-0.1, -0.05) is 24.3 Å². The molecule has 1 saturated carbocycles. The van der Waals surface area contributed by atoms with Crippen LogP contribution in [0.4, 0.5) is 0 Å². The van der Waals surface area contributed by atoms with Gasteiger partial charge in [-0.05, 0) is 12.8 Å². The van der Waals surface area contributed by atoms with E-state index in [0.29, 0.717) is 11.7 Å². The van der Waals surface area contributed by atoms with Crippen molar-refractivity contribution in [2.24, 2.45) is 0 Å². The number of rotatable bonds is 3. The van der Waals surface area contributed by atoms with Gasteiger partial charge < -0.3 is 9.84 Å². The van der Waals surface area contributed by atoms with Gasteiger partial charge in [0.25, 0.3) is 0 Å². The molecule has 4 nitrogen and oxygen atoms in total. The van der Waals surface area contributed by atoms with Crippen LogP contribution in [0.15, 0.2) is 24.3 Å². The van der Waals surface area contributed by atoms with Crippen LogP contribution in [-0.4, -0.2) is 23.2 Å². The molecule has 0 spiro atoms. The van der Waals surface area contributed by atoms with Gasteiger partial charge in [-0.15, -0.1) is 0 Å². The summed E-state index contributed by atoms with van der Waals surface area (Å²) in [5.74, 6) is -0.291. The average molecular weight is 243 g/mol. The second-order valence-electron chi connectivity index (χ2n) is 4.50. The molecule has 1 aliphatic carbocycles. The summed E-state index contributed by atoms with van der Waals surface area (Å²) in [6.07, 6.45) is 2.17. The second-order valence-corrected chi connectivity index (χ2v) is 4.50. The van der Waals surface area contributed by atoms with E-state index in [1.807, 2.05) is 24.3 Å². The number of nitrogens with zero attached hydrogens (tertiary/aromatic N) is 1. The highest BCUT2D eigenvalue weighted by Crippen LogP contribution is 2.44. The Morgan fingerprint density at radius 1 is 1.33 bits per heavy atom. The van der Waals surface area contributed by atoms with Crippen LogP contribution in [0.3, 0.4) is 0 Å². The molecule has 0 bridgehead atoms. The van der Waals surface area contributed by atoms with Gasteiger partial charge in [0, 0.05) is 16.7 Å². The van der Waals surface area contributed by atoms with E-state index in [4.69, 9.17) is 4.74 Å². The number of aromatic nitrogens is 1. The monoisotopic (exact) mass is 243 g/mol. The normalized spacial score (nSPS) is 14.7. The molecule has 0 radical (unpaired) electrons. The zero-order valence-electron chi connectivity index (χ0n) is 10.0. The Hall–Kier alpha value is -2.10. The maximum atomic E-state index is 11.3. The third kappa shape index (κ3) is 1.61. The SMILES string of the molecule is COc1c(C(=O)O)nc(C2CC2)c2ccccc12. The van der Waals surface area contributed by atoms with Crippen molar-refractivity contribution >= 4 is 16.7 Å². The Kier molecular flexibility index (Phi) is 2.44. The van der Waals surface area contributed by atoms with E-state index < -0.39 is 5.97 Å². The van der Waals surface area contributed by atoms with Crippen molar-refractivity contribution in [2.75, 3.05) is 7.11 Å². The lowest BCUT2D eigenvalue weighted by atomic mass is 10.0. The predicted octanol–water partition coefficient (Wildman–Crippen LogP) is 2.82. The van der Waals surface area contributed by atoms with Crippen LogP contribution in [0.2, 0.25) is 0 Å². The van der Waals surface area contributed by atoms with Gasteiger partial charge in [0.2, 0.25) is 0 Å². The van der Waals surface area contributed by atoms with Crippen molar-refractivity contribution in [1.29, 1.82) is 0 Å². The van der Waals surface area contributed by atoms with Crippen molar-refractivity contribution in [1.82, 2.24) is 4.98 Å². The van der Waals surface area contributed by atoms with E-state index in [1.165, 1.54) is 7.11 Å². The number of ether oxygens (including phenoxy) is 1. The van der Waals surface area contributed by atoms with Crippen molar-refractivity contribution in [3.63, 3.8) is 0 Å². The summed E-state index contributed by atoms with van der Waals surface area (Å²) in [7, 11) is 1.48. The summed E-state index contributed by atoms with van der Waals surface area (Å²) in [5, 5.41) is 11.1. The van der Waals surface area contributed by atoms with E-state index in [1.54, 1.807) is 0 Å². The minimum Gasteiger partial charge on any atom is -0.494 e. The zero-order chi connectivity index (χ0) is 12.7. The number of aromatic carboxylic acids is 1. The van der Waals surface area contributed by atoms with Crippen LogP contribution in [-0.2, 0) is 0 Å². The molecular formula is C14H13NO3. The highest BCUT2D eigenvalue weighted by Gasteiger charge is 2.30. The van der Waals surface area contributed by atoms with Crippen molar-refractivity contribution in [3.8, 4) is 5.75 Å². The number of carboxylic acids is 1. The standard InChI is InChI=1S/C14H13NO3/c1-18-13-10-5-3-2-4-9(10)11(8-6-7-8)15-12(13)14(16)17/h2-5,8H,6-7H2,1H3,(H,16,17). The fourth-order valence-electron chi connectivity index (χ4n) is 2.28. The minimum absolute atomic E-state index is 0.0121. The van der Waals surface area contributed by atoms with Crippen molar-refractivity contribution in [2.45, 2.75) is 18.8 Å². The van der Waals surface area contributed by atoms with Crippen LogP contribution < -0.4 is 4.74 Å². The molecule has 1 heterocycles. The predicted molar refractivity (Wildman–Crippen MR) is 67.2 cm³/mol. The van der Waals surface area contributed by atoms with Gasteiger partial charge in [0.05, 0.1) is 12.8 Å². The molecule has 4 heteroatoms. The van der Waals surface area contributed by atoms with E-state index >= 15 is 0 Å². The lowest BCUT2D eigenvalue weighted by Crippen LogP contribution is -2.07. The van der Waals surface area contributed by atoms with Gasteiger partial charge in [-0.25, -0.2) is 9.78 Å². The molecule has 0 saturated heterocycles. The number of hydrogen-bond donors (Lipinski definition) is 1. The Bertz CT molecular complexity index is 632. The van der Waals surface area contributed by atoms with Crippen LogP contribution >= 0.6 is 0 Å². The summed E-state index contributed by atoms with van der Waals surface area (Å²) in [5.41, 5.74) is 0.905. The Balaban J connectivity index is 2.38. The molecule has 18 heavy (non-hydrogen) atoms. The fraction of sp³-hybridized carbons (Fsp3) is 0.286. The molecule has 1 fully saturated rings. The van der Waals surface area contributed by atoms with Gasteiger partial charge in [0.15, 0.2) is 11.4 Å². The van der Waals surface area contributed by atoms with Gasteiger partial charge in [-0.2, -0.15) is 0 Å². The van der Waals surface area contributed by atoms with Gasteiger partial charge >= 0.3 is 5.97 Å². The Morgan fingerprint density at radius 3 is 2.56 bits per heavy atom. The number of carboxylic acid groups (broad SMARTS) is 1. The first-order valence-corrected chi connectivity index (χ1v) is 5.92. The van der Waals surface area contributed by atoms with E-state index in [-0.39, 0.29) is 5.69 Å². The first-order chi connectivity index (χ1) is 8.72. The number of methoxy groups -OCH3 is 1. The van der Waals surface area contributed by atoms with Crippen LogP contribution in [0.1, 0.15) is 34.9 Å². The highest BCUT2D eigenvalue weighted by molar-refractivity contribution is 5.99. The number of fused-ring (bicyclic) bond motifs is 1. The van der Waals surface area contributed by atoms with Crippen molar-refractivity contribution < 1.29 is 14.6 Å². The molecule has 1 N–H and O–H groups in total. The summed E-state index contributed by atoms with van der Waals surface area (Å²) in [6, 6.07) is 7.68. The Labute approximate surface area is 104 Å². The highest BCUT2D eigenvalue weighted by atomic mass is 16.5. The first kappa shape index (κ1) is 11.0. The minimum atomic E-state index is -1.04. The third-order valence-corrected chi connectivity index (χ3v) is 3.27. The molecule has 0 amide bonds. The van der Waals surface area contributed by atoms with Gasteiger partial charge in [-0.3, -0.25) is 0 Å². The molecular weight excluding hydrogens is 230 g/mol. The molecule has 0 aliphatic heterocycles. The zero-order valence-corrected chi connectivity index (χ0v) is 10.0. The maximum Gasteiger partial charge on any atom is 0.358 e. The second kappa shape index (κ2) is 3.98. The van der Waals surface area contributed by atoms with Crippen LogP contribution in [0.5, 0.6) is 5.75 Å². The molecule has 1 aromatic heterocycles. The number of carbonyl (C=O) groups is 1. The number of benzene rings is 1. The molecule has 2 aromatic rings. The molecule has 0 atom stereocenters. The first-order valence-electron chi connectivity index (χ1n) is 5.92. The topological polar surface area (TPSA) is 59.4 Å². The summed E-state index contributed by atoms with van der Waals surface area (Å²) >= 11 is 0. The van der Waals surface area contributed by atoms with Gasteiger partial charge in [0.1, 0.15) is 0 Å². The maximum absolute atomic E-state index is 11.3. The molecule has 3 rings (SSSR count).